The summed E-state index contributed by atoms with van der Waals surface area (Å²) in [5, 5.41) is 3.55. The van der Waals surface area contributed by atoms with E-state index in [2.05, 4.69) is 15.2 Å². The van der Waals surface area contributed by atoms with Gasteiger partial charge in [-0.15, -0.1) is 0 Å². The average molecular weight is 334 g/mol. The molecule has 1 aromatic heterocycles. The Morgan fingerprint density at radius 2 is 2.35 bits per heavy atom. The second-order valence-corrected chi connectivity index (χ2v) is 6.81. The van der Waals surface area contributed by atoms with E-state index < -0.39 is 0 Å². The van der Waals surface area contributed by atoms with Gasteiger partial charge in [0, 0.05) is 26.2 Å². The first kappa shape index (κ1) is 16.3. The number of methoxy groups -OCH3 is 1. The molecule has 1 amide bonds. The van der Waals surface area contributed by atoms with E-state index in [1.165, 1.54) is 11.3 Å². The Labute approximate surface area is 139 Å². The summed E-state index contributed by atoms with van der Waals surface area (Å²) < 4.78 is 6.49. The molecule has 0 spiro atoms. The monoisotopic (exact) mass is 334 g/mol. The largest absolute Gasteiger partial charge is 0.381 e. The molecule has 3 rings (SSSR count). The molecule has 1 fully saturated rings. The highest BCUT2D eigenvalue weighted by atomic mass is 32.1. The van der Waals surface area contributed by atoms with Crippen molar-refractivity contribution in [2.75, 3.05) is 32.1 Å². The maximum absolute atomic E-state index is 12.3. The lowest BCUT2D eigenvalue weighted by molar-refractivity contribution is -0.118. The Balaban J connectivity index is 1.60. The number of fused-ring (bicyclic) bond motifs is 1. The minimum atomic E-state index is -0.0432. The van der Waals surface area contributed by atoms with Crippen LogP contribution in [0.15, 0.2) is 24.3 Å². The highest BCUT2D eigenvalue weighted by Gasteiger charge is 2.28. The number of nitrogens with one attached hydrogen (secondary N) is 1. The Morgan fingerprint density at radius 3 is 3.09 bits per heavy atom. The van der Waals surface area contributed by atoms with Gasteiger partial charge in [-0.2, -0.15) is 0 Å². The first-order valence-corrected chi connectivity index (χ1v) is 8.63. The zero-order chi connectivity index (χ0) is 16.2. The van der Waals surface area contributed by atoms with E-state index in [0.29, 0.717) is 18.2 Å². The number of nitrogens with zero attached hydrogens (tertiary/aromatic N) is 2. The van der Waals surface area contributed by atoms with Crippen LogP contribution in [0.25, 0.3) is 10.2 Å². The van der Waals surface area contributed by atoms with Gasteiger partial charge in [0.15, 0.2) is 5.13 Å². The number of thiazole rings is 1. The molecule has 1 saturated heterocycles. The van der Waals surface area contributed by atoms with Crippen molar-refractivity contribution in [2.24, 2.45) is 5.73 Å². The first-order valence-electron chi connectivity index (χ1n) is 7.82. The fourth-order valence-corrected chi connectivity index (χ4v) is 3.88. The van der Waals surface area contributed by atoms with Crippen molar-refractivity contribution in [2.45, 2.75) is 25.0 Å². The number of carbonyl (C=O) groups excluding carboxylic acids is 1. The zero-order valence-corrected chi connectivity index (χ0v) is 14.0. The summed E-state index contributed by atoms with van der Waals surface area (Å²) in [6, 6.07) is 8.05. The summed E-state index contributed by atoms with van der Waals surface area (Å²) in [5.41, 5.74) is 6.76. The Bertz CT molecular complexity index is 642. The molecule has 23 heavy (non-hydrogen) atoms. The van der Waals surface area contributed by atoms with Gasteiger partial charge < -0.3 is 15.8 Å². The molecule has 6 nitrogen and oxygen atoms in total. The van der Waals surface area contributed by atoms with Gasteiger partial charge in [-0.25, -0.2) is 4.98 Å². The molecule has 0 saturated carbocycles. The van der Waals surface area contributed by atoms with Crippen LogP contribution in [-0.2, 0) is 9.53 Å². The minimum Gasteiger partial charge on any atom is -0.381 e. The van der Waals surface area contributed by atoms with E-state index in [9.17, 15) is 4.79 Å². The van der Waals surface area contributed by atoms with Gasteiger partial charge in [-0.3, -0.25) is 9.69 Å². The van der Waals surface area contributed by atoms with Crippen molar-refractivity contribution in [3.05, 3.63) is 24.3 Å². The molecule has 0 radical (unpaired) electrons. The number of piperidine rings is 1. The molecule has 2 heterocycles. The number of rotatable bonds is 5. The number of aromatic nitrogens is 1. The SMILES string of the molecule is COC1CCN(CC(=O)Nc2nc3ccccc3s2)C(CN)C1. The van der Waals surface area contributed by atoms with Crippen LogP contribution in [0.1, 0.15) is 12.8 Å². The number of benzene rings is 1. The summed E-state index contributed by atoms with van der Waals surface area (Å²) in [5.74, 6) is -0.0432. The molecular formula is C16H22N4O2S. The molecule has 1 aliphatic rings. The van der Waals surface area contributed by atoms with Gasteiger partial charge in [0.1, 0.15) is 0 Å². The molecular weight excluding hydrogens is 312 g/mol. The quantitative estimate of drug-likeness (QED) is 0.869. The Morgan fingerprint density at radius 1 is 1.52 bits per heavy atom. The van der Waals surface area contributed by atoms with Crippen molar-refractivity contribution in [3.8, 4) is 0 Å². The molecule has 1 aromatic carbocycles. The lowest BCUT2D eigenvalue weighted by Gasteiger charge is -2.37. The van der Waals surface area contributed by atoms with Gasteiger partial charge in [-0.05, 0) is 25.0 Å². The topological polar surface area (TPSA) is 80.5 Å². The van der Waals surface area contributed by atoms with Crippen molar-refractivity contribution >= 4 is 32.6 Å². The van der Waals surface area contributed by atoms with Crippen LogP contribution in [0.2, 0.25) is 0 Å². The molecule has 0 aliphatic carbocycles. The van der Waals surface area contributed by atoms with E-state index in [4.69, 9.17) is 10.5 Å². The molecule has 7 heteroatoms. The van der Waals surface area contributed by atoms with Crippen LogP contribution in [0.3, 0.4) is 0 Å². The molecule has 124 valence electrons. The van der Waals surface area contributed by atoms with E-state index in [0.717, 1.165) is 29.6 Å². The normalized spacial score (nSPS) is 22.3. The lowest BCUT2D eigenvalue weighted by atomic mass is 9.99. The number of para-hydroxylation sites is 1. The third kappa shape index (κ3) is 3.87. The lowest BCUT2D eigenvalue weighted by Crippen LogP contribution is -2.50. The predicted octanol–water partition coefficient (Wildman–Crippen LogP) is 1.67. The number of anilines is 1. The van der Waals surface area contributed by atoms with Crippen molar-refractivity contribution in [1.29, 1.82) is 0 Å². The first-order chi connectivity index (χ1) is 11.2. The number of ether oxygens (including phenoxy) is 1. The second-order valence-electron chi connectivity index (χ2n) is 5.78. The van der Waals surface area contributed by atoms with Gasteiger partial charge in [0.2, 0.25) is 5.91 Å². The number of hydrogen-bond acceptors (Lipinski definition) is 6. The Hall–Kier alpha value is -1.54. The molecule has 2 aromatic rings. The summed E-state index contributed by atoms with van der Waals surface area (Å²) in [6.45, 7) is 1.70. The van der Waals surface area contributed by atoms with Crippen molar-refractivity contribution in [1.82, 2.24) is 9.88 Å². The Kier molecular flexibility index (Phi) is 5.22. The standard InChI is InChI=1S/C16H22N4O2S/c1-22-12-6-7-20(11(8-12)9-17)10-15(21)19-16-18-13-4-2-3-5-14(13)23-16/h2-5,11-12H,6-10,17H2,1H3,(H,18,19,21). The third-order valence-electron chi connectivity index (χ3n) is 4.28. The minimum absolute atomic E-state index is 0.0432. The maximum Gasteiger partial charge on any atom is 0.240 e. The van der Waals surface area contributed by atoms with Crippen LogP contribution in [0.4, 0.5) is 5.13 Å². The van der Waals surface area contributed by atoms with Gasteiger partial charge >= 0.3 is 0 Å². The summed E-state index contributed by atoms with van der Waals surface area (Å²) in [6.07, 6.45) is 2.05. The highest BCUT2D eigenvalue weighted by Crippen LogP contribution is 2.25. The number of nitrogens with two attached hydrogens (primary N) is 1. The van der Waals surface area contributed by atoms with Gasteiger partial charge in [-0.1, -0.05) is 23.5 Å². The van der Waals surface area contributed by atoms with Crippen molar-refractivity contribution < 1.29 is 9.53 Å². The molecule has 2 unspecified atom stereocenters. The fraction of sp³-hybridized carbons (Fsp3) is 0.500. The van der Waals surface area contributed by atoms with E-state index in [-0.39, 0.29) is 18.1 Å². The predicted molar refractivity (Wildman–Crippen MR) is 92.7 cm³/mol. The smallest absolute Gasteiger partial charge is 0.240 e. The number of carbonyl (C=O) groups is 1. The van der Waals surface area contributed by atoms with E-state index in [1.54, 1.807) is 7.11 Å². The maximum atomic E-state index is 12.3. The highest BCUT2D eigenvalue weighted by molar-refractivity contribution is 7.22. The van der Waals surface area contributed by atoms with Crippen LogP contribution in [0, 0.1) is 0 Å². The molecule has 1 aliphatic heterocycles. The summed E-state index contributed by atoms with van der Waals surface area (Å²) in [4.78, 5) is 18.9. The van der Waals surface area contributed by atoms with Crippen LogP contribution < -0.4 is 11.1 Å². The average Bonchev–Trinajstić information content (AvgIpc) is 2.97. The molecule has 0 bridgehead atoms. The fourth-order valence-electron chi connectivity index (χ4n) is 3.00. The summed E-state index contributed by atoms with van der Waals surface area (Å²) in [7, 11) is 1.73. The van der Waals surface area contributed by atoms with Crippen LogP contribution in [0.5, 0.6) is 0 Å². The van der Waals surface area contributed by atoms with Crippen molar-refractivity contribution in [3.63, 3.8) is 0 Å². The number of hydrogen-bond donors (Lipinski definition) is 2. The second kappa shape index (κ2) is 7.35. The summed E-state index contributed by atoms with van der Waals surface area (Å²) >= 11 is 1.49. The number of amides is 1. The van der Waals surface area contributed by atoms with Gasteiger partial charge in [0.05, 0.1) is 22.9 Å². The van der Waals surface area contributed by atoms with Crippen LogP contribution in [-0.4, -0.2) is 54.7 Å². The van der Waals surface area contributed by atoms with Gasteiger partial charge in [0.25, 0.3) is 0 Å². The molecule has 3 N–H and O–H groups in total. The van der Waals surface area contributed by atoms with Crippen LogP contribution >= 0.6 is 11.3 Å². The van der Waals surface area contributed by atoms with E-state index >= 15 is 0 Å². The molecule has 2 atom stereocenters. The third-order valence-corrected chi connectivity index (χ3v) is 5.23. The zero-order valence-electron chi connectivity index (χ0n) is 13.2. The number of likely N-dealkylation sites (tertiary alicyclic amines) is 1. The van der Waals surface area contributed by atoms with E-state index in [1.807, 2.05) is 24.3 Å².